The van der Waals surface area contributed by atoms with E-state index in [0.29, 0.717) is 5.75 Å². The van der Waals surface area contributed by atoms with Gasteiger partial charge in [-0.05, 0) is 11.6 Å². The number of hydrogen-bond acceptors (Lipinski definition) is 1. The molecule has 0 bridgehead atoms. The molecule has 0 aromatic carbocycles. The van der Waals surface area contributed by atoms with Crippen LogP contribution in [0.15, 0.2) is 46.9 Å². The average molecular weight is 164 g/mol. The summed E-state index contributed by atoms with van der Waals surface area (Å²) in [5, 5.41) is 0. The molecular weight excluding hydrogens is 156 g/mol. The summed E-state index contributed by atoms with van der Waals surface area (Å²) in [7, 11) is -0.784. The summed E-state index contributed by atoms with van der Waals surface area (Å²) in [5.74, 6) is 0.680. The van der Waals surface area contributed by atoms with Gasteiger partial charge in [0, 0.05) is 10.7 Å². The van der Waals surface area contributed by atoms with Gasteiger partial charge in [0.1, 0.15) is 0 Å². The molecule has 0 radical (unpaired) electrons. The highest BCUT2D eigenvalue weighted by Gasteiger charge is 2.16. The maximum absolute atomic E-state index is 11.3. The van der Waals surface area contributed by atoms with Crippen LogP contribution in [-0.4, -0.2) is 9.96 Å². The van der Waals surface area contributed by atoms with Crippen LogP contribution in [0.5, 0.6) is 0 Å². The van der Waals surface area contributed by atoms with E-state index in [-0.39, 0.29) is 0 Å². The van der Waals surface area contributed by atoms with E-state index in [4.69, 9.17) is 0 Å². The third-order valence-electron chi connectivity index (χ3n) is 1.73. The fourth-order valence-corrected chi connectivity index (χ4v) is 2.33. The van der Waals surface area contributed by atoms with Crippen molar-refractivity contribution in [2.24, 2.45) is 0 Å². The second kappa shape index (κ2) is 2.62. The molecule has 11 heavy (non-hydrogen) atoms. The SMILES string of the molecule is O=S1CC=C2C=CC=CC=C21. The highest BCUT2D eigenvalue weighted by Crippen LogP contribution is 2.24. The molecule has 0 saturated carbocycles. The van der Waals surface area contributed by atoms with Gasteiger partial charge in [0.25, 0.3) is 0 Å². The molecule has 1 nitrogen and oxygen atoms in total. The minimum atomic E-state index is -0.784. The third-order valence-corrected chi connectivity index (χ3v) is 3.06. The minimum absolute atomic E-state index is 0.680. The zero-order chi connectivity index (χ0) is 7.68. The molecule has 0 saturated heterocycles. The van der Waals surface area contributed by atoms with Crippen LogP contribution in [0, 0.1) is 0 Å². The third kappa shape index (κ3) is 1.14. The quantitative estimate of drug-likeness (QED) is 0.532. The normalized spacial score (nSPS) is 27.5. The molecule has 0 spiro atoms. The summed E-state index contributed by atoms with van der Waals surface area (Å²) in [5.41, 5.74) is 1.12. The van der Waals surface area contributed by atoms with Gasteiger partial charge in [0.15, 0.2) is 0 Å². The lowest BCUT2D eigenvalue weighted by molar-refractivity contribution is 0.690. The molecule has 0 aromatic rings. The van der Waals surface area contributed by atoms with E-state index in [9.17, 15) is 4.21 Å². The van der Waals surface area contributed by atoms with Crippen LogP contribution in [0.4, 0.5) is 0 Å². The lowest BCUT2D eigenvalue weighted by Crippen LogP contribution is -1.89. The Morgan fingerprint density at radius 3 is 3.09 bits per heavy atom. The summed E-state index contributed by atoms with van der Waals surface area (Å²) < 4.78 is 11.3. The molecular formula is C9H8OS. The van der Waals surface area contributed by atoms with E-state index in [0.717, 1.165) is 10.5 Å². The largest absolute Gasteiger partial charge is 0.254 e. The van der Waals surface area contributed by atoms with Crippen molar-refractivity contribution in [3.8, 4) is 0 Å². The molecule has 2 aliphatic rings. The van der Waals surface area contributed by atoms with Gasteiger partial charge in [0.2, 0.25) is 0 Å². The van der Waals surface area contributed by atoms with Crippen LogP contribution in [0.1, 0.15) is 0 Å². The van der Waals surface area contributed by atoms with Crippen LogP contribution in [0.2, 0.25) is 0 Å². The first kappa shape index (κ1) is 6.80. The molecule has 0 aromatic heterocycles. The topological polar surface area (TPSA) is 17.1 Å². The summed E-state index contributed by atoms with van der Waals surface area (Å²) in [6.45, 7) is 0. The van der Waals surface area contributed by atoms with Crippen molar-refractivity contribution in [1.82, 2.24) is 0 Å². The number of fused-ring (bicyclic) bond motifs is 1. The van der Waals surface area contributed by atoms with Crippen LogP contribution in [0.25, 0.3) is 0 Å². The second-order valence-corrected chi connectivity index (χ2v) is 3.91. The lowest BCUT2D eigenvalue weighted by atomic mass is 10.2. The van der Waals surface area contributed by atoms with E-state index >= 15 is 0 Å². The predicted molar refractivity (Wildman–Crippen MR) is 47.5 cm³/mol. The summed E-state index contributed by atoms with van der Waals surface area (Å²) in [6, 6.07) is 0. The van der Waals surface area contributed by atoms with Crippen LogP contribution in [-0.2, 0) is 10.8 Å². The molecule has 2 rings (SSSR count). The molecule has 1 aliphatic carbocycles. The first-order valence-corrected chi connectivity index (χ1v) is 4.84. The Hall–Kier alpha value is -0.890. The second-order valence-electron chi connectivity index (χ2n) is 2.45. The molecule has 1 aliphatic heterocycles. The highest BCUT2D eigenvalue weighted by atomic mass is 32.2. The summed E-state index contributed by atoms with van der Waals surface area (Å²) >= 11 is 0. The smallest absolute Gasteiger partial charge is 0.0574 e. The fraction of sp³-hybridized carbons (Fsp3) is 0.111. The van der Waals surface area contributed by atoms with E-state index in [1.54, 1.807) is 0 Å². The molecule has 1 unspecified atom stereocenters. The molecule has 56 valence electrons. The van der Waals surface area contributed by atoms with Gasteiger partial charge in [-0.2, -0.15) is 0 Å². The fourth-order valence-electron chi connectivity index (χ4n) is 1.18. The van der Waals surface area contributed by atoms with Crippen molar-refractivity contribution in [2.45, 2.75) is 0 Å². The highest BCUT2D eigenvalue weighted by molar-refractivity contribution is 7.89. The van der Waals surface area contributed by atoms with Crippen LogP contribution >= 0.6 is 0 Å². The Morgan fingerprint density at radius 2 is 2.18 bits per heavy atom. The first-order chi connectivity index (χ1) is 5.38. The molecule has 0 N–H and O–H groups in total. The van der Waals surface area contributed by atoms with Crippen molar-refractivity contribution in [1.29, 1.82) is 0 Å². The number of allylic oxidation sites excluding steroid dienone is 6. The van der Waals surface area contributed by atoms with Gasteiger partial charge in [-0.25, -0.2) is 0 Å². The predicted octanol–water partition coefficient (Wildman–Crippen LogP) is 1.69. The van der Waals surface area contributed by atoms with Gasteiger partial charge >= 0.3 is 0 Å². The Kier molecular flexibility index (Phi) is 1.62. The van der Waals surface area contributed by atoms with Crippen LogP contribution in [0.3, 0.4) is 0 Å². The zero-order valence-electron chi connectivity index (χ0n) is 5.99. The maximum Gasteiger partial charge on any atom is 0.0574 e. The van der Waals surface area contributed by atoms with Crippen molar-refractivity contribution in [3.05, 3.63) is 46.9 Å². The average Bonchev–Trinajstić information content (AvgIpc) is 2.25. The summed E-state index contributed by atoms with van der Waals surface area (Å²) in [4.78, 5) is 0.968. The Balaban J connectivity index is 2.49. The maximum atomic E-state index is 11.3. The van der Waals surface area contributed by atoms with Crippen molar-refractivity contribution in [3.63, 3.8) is 0 Å². The Labute approximate surface area is 68.3 Å². The van der Waals surface area contributed by atoms with Crippen LogP contribution < -0.4 is 0 Å². The van der Waals surface area contributed by atoms with E-state index in [2.05, 4.69) is 0 Å². The Bertz CT molecular complexity index is 318. The number of hydrogen-bond donors (Lipinski definition) is 0. The van der Waals surface area contributed by atoms with Crippen molar-refractivity contribution in [2.75, 3.05) is 5.75 Å². The molecule has 0 amide bonds. The van der Waals surface area contributed by atoms with E-state index < -0.39 is 10.8 Å². The van der Waals surface area contributed by atoms with Gasteiger partial charge in [-0.1, -0.05) is 30.4 Å². The number of rotatable bonds is 0. The van der Waals surface area contributed by atoms with Crippen molar-refractivity contribution >= 4 is 10.8 Å². The van der Waals surface area contributed by atoms with E-state index in [1.807, 2.05) is 36.5 Å². The lowest BCUT2D eigenvalue weighted by Gasteiger charge is -1.94. The minimum Gasteiger partial charge on any atom is -0.254 e. The molecule has 1 atom stereocenters. The van der Waals surface area contributed by atoms with Gasteiger partial charge < -0.3 is 0 Å². The van der Waals surface area contributed by atoms with Gasteiger partial charge in [-0.3, -0.25) is 4.21 Å². The van der Waals surface area contributed by atoms with Gasteiger partial charge in [0.05, 0.1) is 10.8 Å². The Morgan fingerprint density at radius 1 is 1.27 bits per heavy atom. The molecule has 2 heteroatoms. The molecule has 1 heterocycles. The first-order valence-electron chi connectivity index (χ1n) is 3.52. The monoisotopic (exact) mass is 164 g/mol. The van der Waals surface area contributed by atoms with Crippen molar-refractivity contribution < 1.29 is 4.21 Å². The van der Waals surface area contributed by atoms with Gasteiger partial charge in [-0.15, -0.1) is 0 Å². The van der Waals surface area contributed by atoms with E-state index in [1.165, 1.54) is 0 Å². The summed E-state index contributed by atoms with van der Waals surface area (Å²) in [6.07, 6.45) is 11.8. The zero-order valence-corrected chi connectivity index (χ0v) is 6.80. The standard InChI is InChI=1S/C9H8OS/c10-11-7-6-8-4-2-1-3-5-9(8)11/h1-6H,7H2. The molecule has 0 fully saturated rings.